The Labute approximate surface area is 181 Å². The van der Waals surface area contributed by atoms with E-state index in [1.807, 2.05) is 38.1 Å². The summed E-state index contributed by atoms with van der Waals surface area (Å²) < 4.78 is 47.1. The van der Waals surface area contributed by atoms with Crippen molar-refractivity contribution < 1.29 is 13.0 Å². The Kier molecular flexibility index (Phi) is 6.68. The van der Waals surface area contributed by atoms with Crippen LogP contribution < -0.4 is 10.5 Å². The minimum atomic E-state index is -3.36. The second-order valence-electron chi connectivity index (χ2n) is 6.97. The van der Waals surface area contributed by atoms with Gasteiger partial charge in [-0.2, -0.15) is 0 Å². The number of benzene rings is 3. The summed E-state index contributed by atoms with van der Waals surface area (Å²) in [6.07, 6.45) is 5.00. The molecule has 160 valence electrons. The number of halogens is 2. The molecular weight excluding hydrogens is 416 g/mol. The Morgan fingerprint density at radius 1 is 1.10 bits per heavy atom. The molecule has 1 unspecified atom stereocenters. The quantitative estimate of drug-likeness (QED) is 0.397. The first-order chi connectivity index (χ1) is 14.7. The Balaban J connectivity index is 1.87. The third-order valence-electron chi connectivity index (χ3n) is 4.77. The molecule has 3 aromatic carbocycles. The van der Waals surface area contributed by atoms with Gasteiger partial charge in [-0.1, -0.05) is 42.5 Å². The number of rotatable bonds is 6. The van der Waals surface area contributed by atoms with Crippen molar-refractivity contribution >= 4 is 21.7 Å². The van der Waals surface area contributed by atoms with Crippen LogP contribution in [0.4, 0.5) is 14.5 Å². The average Bonchev–Trinajstić information content (AvgIpc) is 2.74. The first-order valence-electron chi connectivity index (χ1n) is 9.52. The van der Waals surface area contributed by atoms with E-state index in [4.69, 9.17) is 9.92 Å². The molecule has 0 amide bonds. The molecule has 0 saturated carbocycles. The van der Waals surface area contributed by atoms with Gasteiger partial charge in [-0.05, 0) is 61.4 Å². The zero-order valence-electron chi connectivity index (χ0n) is 17.2. The highest BCUT2D eigenvalue weighted by molar-refractivity contribution is 7.90. The van der Waals surface area contributed by atoms with Crippen molar-refractivity contribution in [2.24, 2.45) is 5.14 Å². The molecule has 0 aliphatic rings. The number of allylic oxidation sites excluding steroid dienone is 2. The van der Waals surface area contributed by atoms with E-state index >= 15 is 0 Å². The molecule has 4 nitrogen and oxygen atoms in total. The monoisotopic (exact) mass is 439 g/mol. The zero-order valence-corrected chi connectivity index (χ0v) is 18.0. The van der Waals surface area contributed by atoms with Crippen LogP contribution in [-0.2, 0) is 9.92 Å². The minimum Gasteiger partial charge on any atom is -0.356 e. The van der Waals surface area contributed by atoms with Gasteiger partial charge >= 0.3 is 0 Å². The van der Waals surface area contributed by atoms with E-state index in [1.54, 1.807) is 30.3 Å². The van der Waals surface area contributed by atoms with E-state index < -0.39 is 21.5 Å². The van der Waals surface area contributed by atoms with Crippen molar-refractivity contribution in [3.63, 3.8) is 0 Å². The van der Waals surface area contributed by atoms with Crippen LogP contribution in [0.1, 0.15) is 18.1 Å². The Morgan fingerprint density at radius 2 is 1.84 bits per heavy atom. The Bertz CT molecular complexity index is 1280. The van der Waals surface area contributed by atoms with Crippen LogP contribution in [-0.4, -0.2) is 4.21 Å². The largest absolute Gasteiger partial charge is 0.356 e. The van der Waals surface area contributed by atoms with Gasteiger partial charge < -0.3 is 5.32 Å². The summed E-state index contributed by atoms with van der Waals surface area (Å²) in [5.41, 5.74) is 4.03. The predicted molar refractivity (Wildman–Crippen MR) is 123 cm³/mol. The highest BCUT2D eigenvalue weighted by Crippen LogP contribution is 2.30. The zero-order chi connectivity index (χ0) is 22.6. The molecule has 0 aliphatic carbocycles. The summed E-state index contributed by atoms with van der Waals surface area (Å²) in [6, 6.07) is 16.6. The molecular formula is C24H23F2N3OS. The van der Waals surface area contributed by atoms with Gasteiger partial charge in [0.2, 0.25) is 0 Å². The fraction of sp³-hybridized carbons (Fsp3) is 0.0833. The van der Waals surface area contributed by atoms with E-state index in [9.17, 15) is 13.0 Å². The van der Waals surface area contributed by atoms with E-state index in [2.05, 4.69) is 5.32 Å². The molecule has 4 N–H and O–H groups in total. The third-order valence-corrected chi connectivity index (χ3v) is 5.77. The number of nitrogens with two attached hydrogens (primary N) is 1. The van der Waals surface area contributed by atoms with Crippen LogP contribution in [0.2, 0.25) is 0 Å². The van der Waals surface area contributed by atoms with Crippen molar-refractivity contribution in [3.8, 4) is 11.1 Å². The van der Waals surface area contributed by atoms with Gasteiger partial charge in [0.25, 0.3) is 0 Å². The van der Waals surface area contributed by atoms with Crippen molar-refractivity contribution in [1.82, 2.24) is 0 Å². The number of anilines is 1. The predicted octanol–water partition coefficient (Wildman–Crippen LogP) is 6.25. The third kappa shape index (κ3) is 5.25. The van der Waals surface area contributed by atoms with Gasteiger partial charge in [0.05, 0.1) is 4.90 Å². The highest BCUT2D eigenvalue weighted by atomic mass is 32.2. The lowest BCUT2D eigenvalue weighted by atomic mass is 10.0. The second-order valence-corrected chi connectivity index (χ2v) is 8.61. The number of nitrogens with one attached hydrogen (secondary N) is 2. The van der Waals surface area contributed by atoms with Gasteiger partial charge in [-0.15, -0.1) is 0 Å². The fourth-order valence-electron chi connectivity index (χ4n) is 3.14. The van der Waals surface area contributed by atoms with Gasteiger partial charge in [-0.25, -0.2) is 22.9 Å². The van der Waals surface area contributed by atoms with E-state index in [0.29, 0.717) is 11.3 Å². The normalized spacial score (nSPS) is 13.9. The summed E-state index contributed by atoms with van der Waals surface area (Å²) in [5.74, 6) is -1.78. The molecule has 3 aromatic rings. The standard InChI is InChI=1S/C24H23F2N3OS/c1-3-19(13-11-17-7-6-9-21(25)24(17)26)29-22-14-12-18(15-16(22)2)20-8-4-5-10-23(20)31(27,28)30/h3-15,29H,1-2H3,(H3,27,28,30)/b13-11+,19-3-. The van der Waals surface area contributed by atoms with Gasteiger partial charge in [0, 0.05) is 22.5 Å². The van der Waals surface area contributed by atoms with E-state index in [0.717, 1.165) is 22.9 Å². The maximum Gasteiger partial charge on any atom is 0.166 e. The number of hydrogen-bond donors (Lipinski definition) is 3. The van der Waals surface area contributed by atoms with Crippen molar-refractivity contribution in [2.75, 3.05) is 5.32 Å². The van der Waals surface area contributed by atoms with Crippen LogP contribution in [0.3, 0.4) is 0 Å². The maximum atomic E-state index is 13.9. The molecule has 7 heteroatoms. The number of hydrogen-bond acceptors (Lipinski definition) is 3. The molecule has 3 rings (SSSR count). The Hall–Kier alpha value is -3.29. The summed E-state index contributed by atoms with van der Waals surface area (Å²) in [7, 11) is -3.36. The van der Waals surface area contributed by atoms with Crippen molar-refractivity contribution in [1.29, 1.82) is 4.78 Å². The van der Waals surface area contributed by atoms with Crippen LogP contribution in [0, 0.1) is 23.3 Å². The molecule has 0 radical (unpaired) electrons. The summed E-state index contributed by atoms with van der Waals surface area (Å²) in [4.78, 5) is 0.282. The lowest BCUT2D eigenvalue weighted by Gasteiger charge is -2.14. The molecule has 31 heavy (non-hydrogen) atoms. The molecule has 0 bridgehead atoms. The SMILES string of the molecule is C/C=C(/C=C/c1cccc(F)c1F)Nc1ccc(-c2ccccc2S(=N)(N)=O)cc1C. The first-order valence-corrected chi connectivity index (χ1v) is 11.1. The van der Waals surface area contributed by atoms with E-state index in [1.165, 1.54) is 18.2 Å². The summed E-state index contributed by atoms with van der Waals surface area (Å²) in [5, 5.41) is 8.83. The maximum absolute atomic E-state index is 13.9. The molecule has 0 heterocycles. The lowest BCUT2D eigenvalue weighted by molar-refractivity contribution is 0.507. The molecule has 0 fully saturated rings. The van der Waals surface area contributed by atoms with E-state index in [-0.39, 0.29) is 10.5 Å². The van der Waals surface area contributed by atoms with Gasteiger partial charge in [0.1, 0.15) is 9.92 Å². The minimum absolute atomic E-state index is 0.158. The van der Waals surface area contributed by atoms with Crippen molar-refractivity contribution in [3.05, 3.63) is 101 Å². The molecule has 1 atom stereocenters. The summed E-state index contributed by atoms with van der Waals surface area (Å²) >= 11 is 0. The van der Waals surface area contributed by atoms with Crippen LogP contribution in [0.5, 0.6) is 0 Å². The van der Waals surface area contributed by atoms with Crippen LogP contribution in [0.15, 0.2) is 83.4 Å². The topological polar surface area (TPSA) is 79.0 Å². The van der Waals surface area contributed by atoms with Gasteiger partial charge in [-0.3, -0.25) is 0 Å². The molecule has 0 aromatic heterocycles. The lowest BCUT2D eigenvalue weighted by Crippen LogP contribution is -2.11. The van der Waals surface area contributed by atoms with Crippen LogP contribution >= 0.6 is 0 Å². The molecule has 0 aliphatic heterocycles. The molecule has 0 saturated heterocycles. The highest BCUT2D eigenvalue weighted by Gasteiger charge is 2.13. The van der Waals surface area contributed by atoms with Crippen LogP contribution in [0.25, 0.3) is 17.2 Å². The van der Waals surface area contributed by atoms with Crippen molar-refractivity contribution in [2.45, 2.75) is 18.7 Å². The number of aryl methyl sites for hydroxylation is 1. The molecule has 0 spiro atoms. The smallest absolute Gasteiger partial charge is 0.166 e. The first kappa shape index (κ1) is 22.4. The summed E-state index contributed by atoms with van der Waals surface area (Å²) in [6.45, 7) is 3.75. The average molecular weight is 440 g/mol. The Morgan fingerprint density at radius 3 is 2.52 bits per heavy atom. The van der Waals surface area contributed by atoms with Gasteiger partial charge in [0.15, 0.2) is 11.6 Å². The fourth-order valence-corrected chi connectivity index (χ4v) is 3.93. The second kappa shape index (κ2) is 9.24.